The van der Waals surface area contributed by atoms with E-state index < -0.39 is 0 Å². The van der Waals surface area contributed by atoms with E-state index in [9.17, 15) is 0 Å². The van der Waals surface area contributed by atoms with Gasteiger partial charge in [0.1, 0.15) is 0 Å². The third-order valence-corrected chi connectivity index (χ3v) is 6.02. The minimum atomic E-state index is 0.0479. The summed E-state index contributed by atoms with van der Waals surface area (Å²) < 4.78 is 11.1. The molecule has 1 aliphatic carbocycles. The predicted molar refractivity (Wildman–Crippen MR) is 104 cm³/mol. The van der Waals surface area contributed by atoms with Gasteiger partial charge in [0, 0.05) is 37.5 Å². The zero-order valence-corrected chi connectivity index (χ0v) is 15.5. The van der Waals surface area contributed by atoms with Crippen LogP contribution in [0.1, 0.15) is 30.4 Å². The second-order valence-electron chi connectivity index (χ2n) is 7.60. The van der Waals surface area contributed by atoms with Crippen LogP contribution in [0.4, 0.5) is 5.69 Å². The summed E-state index contributed by atoms with van der Waals surface area (Å²) in [5.41, 5.74) is 10.2. The van der Waals surface area contributed by atoms with Crippen LogP contribution in [-0.2, 0) is 22.3 Å². The van der Waals surface area contributed by atoms with Crippen LogP contribution in [0.15, 0.2) is 23.2 Å². The number of hydrogen-bond donors (Lipinski definition) is 2. The molecule has 0 radical (unpaired) electrons. The molecule has 2 fully saturated rings. The Kier molecular flexibility index (Phi) is 5.43. The molecular weight excluding hydrogens is 328 g/mol. The molecule has 2 saturated heterocycles. The van der Waals surface area contributed by atoms with Gasteiger partial charge in [-0.1, -0.05) is 6.07 Å². The van der Waals surface area contributed by atoms with E-state index >= 15 is 0 Å². The summed E-state index contributed by atoms with van der Waals surface area (Å²) in [5.74, 6) is 0.502. The molecule has 142 valence electrons. The number of aryl methyl sites for hydroxylation is 2. The highest BCUT2D eigenvalue weighted by molar-refractivity contribution is 5.92. The molecule has 4 rings (SSSR count). The Labute approximate surface area is 155 Å². The number of ether oxygens (including phenoxy) is 2. The van der Waals surface area contributed by atoms with Gasteiger partial charge in [-0.05, 0) is 55.4 Å². The van der Waals surface area contributed by atoms with Crippen LogP contribution in [0.25, 0.3) is 0 Å². The number of hydrogen-bond acceptors (Lipinski definition) is 4. The maximum absolute atomic E-state index is 6.22. The molecule has 6 nitrogen and oxygen atoms in total. The molecule has 2 aliphatic heterocycles. The van der Waals surface area contributed by atoms with E-state index in [1.165, 1.54) is 30.4 Å². The molecule has 1 aromatic carbocycles. The van der Waals surface area contributed by atoms with Crippen molar-refractivity contribution in [2.24, 2.45) is 10.7 Å². The average molecular weight is 358 g/mol. The van der Waals surface area contributed by atoms with Crippen molar-refractivity contribution >= 4 is 11.6 Å². The second kappa shape index (κ2) is 7.94. The van der Waals surface area contributed by atoms with Crippen LogP contribution in [-0.4, -0.2) is 62.5 Å². The largest absolute Gasteiger partial charge is 0.381 e. The minimum absolute atomic E-state index is 0.0479. The summed E-state index contributed by atoms with van der Waals surface area (Å²) in [6.07, 6.45) is 5.63. The summed E-state index contributed by atoms with van der Waals surface area (Å²) in [4.78, 5) is 7.26. The van der Waals surface area contributed by atoms with E-state index in [4.69, 9.17) is 20.2 Å². The monoisotopic (exact) mass is 358 g/mol. The Morgan fingerprint density at radius 2 is 1.81 bits per heavy atom. The third kappa shape index (κ3) is 3.87. The predicted octanol–water partition coefficient (Wildman–Crippen LogP) is 1.78. The smallest absolute Gasteiger partial charge is 0.193 e. The minimum Gasteiger partial charge on any atom is -0.381 e. The van der Waals surface area contributed by atoms with Crippen LogP contribution in [0.2, 0.25) is 0 Å². The number of nitrogens with two attached hydrogens (primary N) is 1. The SMILES string of the molecule is NC(=NCC1(N2CCOCC2)CCOCC1)Nc1ccc2c(c1)CCC2. The van der Waals surface area contributed by atoms with Crippen molar-refractivity contribution in [1.29, 1.82) is 0 Å². The number of guanidine groups is 1. The maximum atomic E-state index is 6.22. The van der Waals surface area contributed by atoms with E-state index in [0.717, 1.165) is 58.0 Å². The normalized spacial score (nSPS) is 23.6. The van der Waals surface area contributed by atoms with Crippen molar-refractivity contribution in [3.8, 4) is 0 Å². The Morgan fingerprint density at radius 1 is 1.08 bits per heavy atom. The van der Waals surface area contributed by atoms with E-state index in [-0.39, 0.29) is 5.54 Å². The first-order valence-corrected chi connectivity index (χ1v) is 9.85. The number of nitrogens with one attached hydrogen (secondary N) is 1. The highest BCUT2D eigenvalue weighted by Gasteiger charge is 2.39. The maximum Gasteiger partial charge on any atom is 0.193 e. The van der Waals surface area contributed by atoms with Crippen molar-refractivity contribution in [3.63, 3.8) is 0 Å². The number of anilines is 1. The second-order valence-corrected chi connectivity index (χ2v) is 7.60. The molecule has 1 aromatic rings. The molecule has 0 spiro atoms. The van der Waals surface area contributed by atoms with Crippen molar-refractivity contribution in [3.05, 3.63) is 29.3 Å². The van der Waals surface area contributed by atoms with E-state index in [1.54, 1.807) is 0 Å². The molecule has 0 atom stereocenters. The van der Waals surface area contributed by atoms with Gasteiger partial charge < -0.3 is 20.5 Å². The Hall–Kier alpha value is -1.63. The molecule has 2 heterocycles. The van der Waals surface area contributed by atoms with Crippen LogP contribution in [0.3, 0.4) is 0 Å². The molecule has 0 aromatic heterocycles. The van der Waals surface area contributed by atoms with Crippen LogP contribution < -0.4 is 11.1 Å². The lowest BCUT2D eigenvalue weighted by Crippen LogP contribution is -2.58. The summed E-state index contributed by atoms with van der Waals surface area (Å²) in [7, 11) is 0. The Morgan fingerprint density at radius 3 is 2.62 bits per heavy atom. The molecule has 26 heavy (non-hydrogen) atoms. The zero-order valence-electron chi connectivity index (χ0n) is 15.5. The molecule has 6 heteroatoms. The van der Waals surface area contributed by atoms with Gasteiger partial charge in [0.15, 0.2) is 5.96 Å². The van der Waals surface area contributed by atoms with Crippen molar-refractivity contribution in [2.45, 2.75) is 37.6 Å². The Bertz CT molecular complexity index is 649. The van der Waals surface area contributed by atoms with E-state index in [0.29, 0.717) is 12.5 Å². The Balaban J connectivity index is 1.43. The van der Waals surface area contributed by atoms with E-state index in [2.05, 4.69) is 28.4 Å². The fourth-order valence-electron chi connectivity index (χ4n) is 4.43. The number of fused-ring (bicyclic) bond motifs is 1. The van der Waals surface area contributed by atoms with E-state index in [1.807, 2.05) is 0 Å². The summed E-state index contributed by atoms with van der Waals surface area (Å²) in [6.45, 7) is 5.84. The van der Waals surface area contributed by atoms with Crippen LogP contribution in [0.5, 0.6) is 0 Å². The first-order chi connectivity index (χ1) is 12.8. The van der Waals surface area contributed by atoms with Gasteiger partial charge in [-0.15, -0.1) is 0 Å². The molecule has 0 unspecified atom stereocenters. The van der Waals surface area contributed by atoms with Crippen molar-refractivity contribution in [2.75, 3.05) is 51.4 Å². The van der Waals surface area contributed by atoms with Gasteiger partial charge in [-0.3, -0.25) is 9.89 Å². The molecule has 0 saturated carbocycles. The quantitative estimate of drug-likeness (QED) is 0.634. The lowest BCUT2D eigenvalue weighted by Gasteiger charge is -2.47. The standard InChI is InChI=1S/C20H30N4O2/c21-19(23-18-5-4-16-2-1-3-17(16)14-18)22-15-20(6-10-25-11-7-20)24-8-12-26-13-9-24/h4-5,14H,1-3,6-13,15H2,(H3,21,22,23). The third-order valence-electron chi connectivity index (χ3n) is 6.02. The summed E-state index contributed by atoms with van der Waals surface area (Å²) >= 11 is 0. The average Bonchev–Trinajstić information content (AvgIpc) is 3.16. The fourth-order valence-corrected chi connectivity index (χ4v) is 4.43. The molecule has 0 bridgehead atoms. The van der Waals surface area contributed by atoms with Gasteiger partial charge in [-0.25, -0.2) is 0 Å². The first kappa shape index (κ1) is 17.8. The summed E-state index contributed by atoms with van der Waals surface area (Å²) in [6, 6.07) is 6.54. The fraction of sp³-hybridized carbons (Fsp3) is 0.650. The highest BCUT2D eigenvalue weighted by Crippen LogP contribution is 2.29. The van der Waals surface area contributed by atoms with Gasteiger partial charge in [0.05, 0.1) is 19.8 Å². The number of aliphatic imine (C=N–C) groups is 1. The van der Waals surface area contributed by atoms with Gasteiger partial charge in [-0.2, -0.15) is 0 Å². The van der Waals surface area contributed by atoms with Crippen LogP contribution >= 0.6 is 0 Å². The number of morpholine rings is 1. The van der Waals surface area contributed by atoms with Gasteiger partial charge >= 0.3 is 0 Å². The number of nitrogens with zero attached hydrogens (tertiary/aromatic N) is 2. The molecular formula is C20H30N4O2. The van der Waals surface area contributed by atoms with Crippen molar-refractivity contribution < 1.29 is 9.47 Å². The van der Waals surface area contributed by atoms with Crippen molar-refractivity contribution in [1.82, 2.24) is 4.90 Å². The molecule has 3 N–H and O–H groups in total. The zero-order chi connectivity index (χ0) is 17.8. The lowest BCUT2D eigenvalue weighted by molar-refractivity contribution is -0.0667. The summed E-state index contributed by atoms with van der Waals surface area (Å²) in [5, 5.41) is 3.28. The lowest BCUT2D eigenvalue weighted by atomic mass is 9.87. The van der Waals surface area contributed by atoms with Crippen LogP contribution in [0, 0.1) is 0 Å². The number of rotatable bonds is 4. The topological polar surface area (TPSA) is 72.1 Å². The first-order valence-electron chi connectivity index (χ1n) is 9.85. The van der Waals surface area contributed by atoms with Gasteiger partial charge in [0.25, 0.3) is 0 Å². The molecule has 3 aliphatic rings. The van der Waals surface area contributed by atoms with Gasteiger partial charge in [0.2, 0.25) is 0 Å². The highest BCUT2D eigenvalue weighted by atomic mass is 16.5. The molecule has 0 amide bonds. The number of benzene rings is 1.